The molecule has 2 aliphatic heterocycles. The van der Waals surface area contributed by atoms with Crippen LogP contribution in [0.4, 0.5) is 0 Å². The molecule has 2 fully saturated rings. The smallest absolute Gasteiger partial charge is 0.256 e. The number of carbonyl (C=O) groups excluding carboxylic acids is 1. The molecule has 0 saturated carbocycles. The number of nitrogens with zero attached hydrogens (tertiary/aromatic N) is 1. The normalized spacial score (nSPS) is 27.9. The van der Waals surface area contributed by atoms with Crippen LogP contribution in [-0.4, -0.2) is 60.5 Å². The first-order valence-corrected chi connectivity index (χ1v) is 10.7. The predicted octanol–water partition coefficient (Wildman–Crippen LogP) is 2.93. The quantitative estimate of drug-likeness (QED) is 0.618. The van der Waals surface area contributed by atoms with Crippen molar-refractivity contribution in [1.29, 1.82) is 0 Å². The summed E-state index contributed by atoms with van der Waals surface area (Å²) in [6.07, 6.45) is 2.46. The van der Waals surface area contributed by atoms with Crippen molar-refractivity contribution in [2.45, 2.75) is 51.4 Å². The summed E-state index contributed by atoms with van der Waals surface area (Å²) in [5, 5.41) is 0. The van der Waals surface area contributed by atoms with Gasteiger partial charge in [-0.05, 0) is 23.5 Å². The van der Waals surface area contributed by atoms with E-state index in [2.05, 4.69) is 20.1 Å². The van der Waals surface area contributed by atoms with Crippen LogP contribution in [0.5, 0.6) is 0 Å². The van der Waals surface area contributed by atoms with E-state index in [4.69, 9.17) is 14.2 Å². The van der Waals surface area contributed by atoms with Gasteiger partial charge in [-0.1, -0.05) is 44.2 Å². The van der Waals surface area contributed by atoms with Gasteiger partial charge in [0.25, 0.3) is 5.91 Å². The van der Waals surface area contributed by atoms with Crippen LogP contribution in [0.1, 0.15) is 25.8 Å². The van der Waals surface area contributed by atoms with E-state index >= 15 is 0 Å². The van der Waals surface area contributed by atoms with E-state index in [0.717, 1.165) is 17.7 Å². The molecule has 144 valence electrons. The number of hydrogen-bond donors (Lipinski definition) is 0. The number of amides is 1. The Hall–Kier alpha value is -1.08. The number of ether oxygens (including phenoxy) is 3. The fourth-order valence-corrected chi connectivity index (χ4v) is 3.81. The van der Waals surface area contributed by atoms with Gasteiger partial charge in [-0.2, -0.15) is 11.8 Å². The molecular formula is C20H29NO4S. The molecule has 0 radical (unpaired) electrons. The summed E-state index contributed by atoms with van der Waals surface area (Å²) in [4.78, 5) is 14.9. The molecule has 6 heteroatoms. The number of hydrogen-bond acceptors (Lipinski definition) is 5. The number of carbonyl (C=O) groups is 1. The number of thioether (sulfide) groups is 1. The Kier molecular flexibility index (Phi) is 6.98. The molecule has 0 spiro atoms. The summed E-state index contributed by atoms with van der Waals surface area (Å²) in [5.41, 5.74) is 1.13. The van der Waals surface area contributed by atoms with Gasteiger partial charge in [0.2, 0.25) is 0 Å². The molecular weight excluding hydrogens is 350 g/mol. The standard InChI is InChI=1S/C20H29NO4S/c1-14(2)18-19(25-18)20(22)21-16(13-24-17(21)9-10-26-3)12-23-11-15-7-5-4-6-8-15/h4-8,14,16-19H,9-13H2,1-3H3/t16-,17-,18-,19+/m0/s1. The van der Waals surface area contributed by atoms with Gasteiger partial charge < -0.3 is 19.1 Å². The van der Waals surface area contributed by atoms with Gasteiger partial charge in [0, 0.05) is 6.42 Å². The molecule has 2 saturated heterocycles. The van der Waals surface area contributed by atoms with E-state index in [9.17, 15) is 4.79 Å². The number of benzene rings is 1. The van der Waals surface area contributed by atoms with Crippen LogP contribution in [0.25, 0.3) is 0 Å². The number of epoxide rings is 1. The zero-order chi connectivity index (χ0) is 18.5. The Bertz CT molecular complexity index is 582. The molecule has 0 N–H and O–H groups in total. The summed E-state index contributed by atoms with van der Waals surface area (Å²) in [5.74, 6) is 1.37. The topological polar surface area (TPSA) is 51.3 Å². The van der Waals surface area contributed by atoms with Crippen molar-refractivity contribution in [2.24, 2.45) is 5.92 Å². The van der Waals surface area contributed by atoms with Crippen molar-refractivity contribution in [2.75, 3.05) is 25.2 Å². The average molecular weight is 380 g/mol. The van der Waals surface area contributed by atoms with E-state index in [1.54, 1.807) is 11.8 Å². The Balaban J connectivity index is 1.58. The second-order valence-electron chi connectivity index (χ2n) is 7.23. The molecule has 0 aliphatic carbocycles. The van der Waals surface area contributed by atoms with Crippen LogP contribution in [-0.2, 0) is 25.6 Å². The Morgan fingerprint density at radius 2 is 2.12 bits per heavy atom. The molecule has 5 nitrogen and oxygen atoms in total. The third-order valence-corrected chi connectivity index (χ3v) is 5.50. The van der Waals surface area contributed by atoms with Crippen LogP contribution in [0.2, 0.25) is 0 Å². The highest BCUT2D eigenvalue weighted by molar-refractivity contribution is 7.98. The zero-order valence-electron chi connectivity index (χ0n) is 15.8. The number of rotatable bonds is 9. The lowest BCUT2D eigenvalue weighted by Gasteiger charge is -2.28. The molecule has 3 rings (SSSR count). The maximum Gasteiger partial charge on any atom is 0.256 e. The highest BCUT2D eigenvalue weighted by Gasteiger charge is 2.52. The van der Waals surface area contributed by atoms with Crippen LogP contribution in [0.15, 0.2) is 30.3 Å². The lowest BCUT2D eigenvalue weighted by atomic mass is 10.1. The van der Waals surface area contributed by atoms with E-state index < -0.39 is 0 Å². The Morgan fingerprint density at radius 1 is 1.35 bits per heavy atom. The predicted molar refractivity (Wildman–Crippen MR) is 103 cm³/mol. The van der Waals surface area contributed by atoms with E-state index in [1.165, 1.54) is 0 Å². The van der Waals surface area contributed by atoms with Crippen LogP contribution < -0.4 is 0 Å². The Morgan fingerprint density at radius 3 is 2.77 bits per heavy atom. The van der Waals surface area contributed by atoms with Gasteiger partial charge in [0.05, 0.1) is 32.0 Å². The van der Waals surface area contributed by atoms with Crippen LogP contribution in [0.3, 0.4) is 0 Å². The molecule has 2 heterocycles. The molecule has 1 aromatic rings. The molecule has 0 unspecified atom stereocenters. The second kappa shape index (κ2) is 9.22. The molecule has 0 aromatic heterocycles. The minimum absolute atomic E-state index is 0.0372. The van der Waals surface area contributed by atoms with Gasteiger partial charge in [-0.15, -0.1) is 0 Å². The minimum Gasteiger partial charge on any atom is -0.375 e. The van der Waals surface area contributed by atoms with Crippen LogP contribution in [0, 0.1) is 5.92 Å². The maximum atomic E-state index is 13.0. The van der Waals surface area contributed by atoms with Crippen molar-refractivity contribution in [3.63, 3.8) is 0 Å². The lowest BCUT2D eigenvalue weighted by Crippen LogP contribution is -2.47. The van der Waals surface area contributed by atoms with E-state index in [-0.39, 0.29) is 30.4 Å². The highest BCUT2D eigenvalue weighted by Crippen LogP contribution is 2.34. The van der Waals surface area contributed by atoms with E-state index in [0.29, 0.717) is 25.7 Å². The molecule has 1 amide bonds. The first-order chi connectivity index (χ1) is 12.6. The van der Waals surface area contributed by atoms with Gasteiger partial charge >= 0.3 is 0 Å². The van der Waals surface area contributed by atoms with Crippen molar-refractivity contribution >= 4 is 17.7 Å². The second-order valence-corrected chi connectivity index (χ2v) is 8.22. The molecule has 26 heavy (non-hydrogen) atoms. The largest absolute Gasteiger partial charge is 0.375 e. The fourth-order valence-electron chi connectivity index (χ4n) is 3.37. The van der Waals surface area contributed by atoms with E-state index in [1.807, 2.05) is 35.2 Å². The van der Waals surface area contributed by atoms with Crippen molar-refractivity contribution in [1.82, 2.24) is 4.90 Å². The maximum absolute atomic E-state index is 13.0. The van der Waals surface area contributed by atoms with Crippen LogP contribution >= 0.6 is 11.8 Å². The first kappa shape index (κ1) is 19.7. The fraction of sp³-hybridized carbons (Fsp3) is 0.650. The molecule has 0 bridgehead atoms. The van der Waals surface area contributed by atoms with Gasteiger partial charge in [-0.3, -0.25) is 4.79 Å². The third-order valence-electron chi connectivity index (χ3n) is 4.86. The summed E-state index contributed by atoms with van der Waals surface area (Å²) in [7, 11) is 0. The average Bonchev–Trinajstić information content (AvgIpc) is 3.36. The summed E-state index contributed by atoms with van der Waals surface area (Å²) < 4.78 is 17.5. The molecule has 1 aromatic carbocycles. The third kappa shape index (κ3) is 4.80. The van der Waals surface area contributed by atoms with Crippen molar-refractivity contribution in [3.05, 3.63) is 35.9 Å². The monoisotopic (exact) mass is 379 g/mol. The molecule has 2 aliphatic rings. The zero-order valence-corrected chi connectivity index (χ0v) is 16.6. The summed E-state index contributed by atoms with van der Waals surface area (Å²) in [6, 6.07) is 10.0. The van der Waals surface area contributed by atoms with Gasteiger partial charge in [-0.25, -0.2) is 0 Å². The van der Waals surface area contributed by atoms with Crippen molar-refractivity contribution in [3.8, 4) is 0 Å². The lowest BCUT2D eigenvalue weighted by molar-refractivity contribution is -0.140. The molecule has 4 atom stereocenters. The minimum atomic E-state index is -0.315. The van der Waals surface area contributed by atoms with Gasteiger partial charge in [0.15, 0.2) is 6.10 Å². The van der Waals surface area contributed by atoms with Crippen molar-refractivity contribution < 1.29 is 19.0 Å². The SMILES string of the molecule is CSCC[C@@H]1OC[C@H](COCc2ccccc2)N1C(=O)[C@@H]1O[C@H]1C(C)C. The Labute approximate surface area is 160 Å². The summed E-state index contributed by atoms with van der Waals surface area (Å²) in [6.45, 7) is 5.73. The summed E-state index contributed by atoms with van der Waals surface area (Å²) >= 11 is 1.77. The highest BCUT2D eigenvalue weighted by atomic mass is 32.2. The van der Waals surface area contributed by atoms with Gasteiger partial charge in [0.1, 0.15) is 6.23 Å². The first-order valence-electron chi connectivity index (χ1n) is 9.31.